The molecule has 0 aliphatic heterocycles. The standard InChI is InChI=1S/C16H24N2O4/c1-8-22-15(21)11-9(2)12(18(7)10(11)3)13(19)14(20)17-16(4,5)6/h8H2,1-7H3,(H,17,20). The highest BCUT2D eigenvalue weighted by Gasteiger charge is 2.30. The van der Waals surface area contributed by atoms with E-state index in [-0.39, 0.29) is 12.3 Å². The summed E-state index contributed by atoms with van der Waals surface area (Å²) in [6, 6.07) is 0. The Morgan fingerprint density at radius 3 is 2.18 bits per heavy atom. The van der Waals surface area contributed by atoms with E-state index in [9.17, 15) is 14.4 Å². The zero-order chi connectivity index (χ0) is 17.2. The van der Waals surface area contributed by atoms with Gasteiger partial charge in [-0.3, -0.25) is 9.59 Å². The van der Waals surface area contributed by atoms with Gasteiger partial charge in [-0.05, 0) is 47.1 Å². The fourth-order valence-electron chi connectivity index (χ4n) is 2.31. The highest BCUT2D eigenvalue weighted by Crippen LogP contribution is 2.22. The van der Waals surface area contributed by atoms with E-state index in [0.717, 1.165) is 0 Å². The van der Waals surface area contributed by atoms with Gasteiger partial charge in [0.2, 0.25) is 0 Å². The number of hydrogen-bond acceptors (Lipinski definition) is 4. The molecule has 1 N–H and O–H groups in total. The average Bonchev–Trinajstić information content (AvgIpc) is 2.58. The molecule has 122 valence electrons. The van der Waals surface area contributed by atoms with Crippen LogP contribution in [0.4, 0.5) is 0 Å². The molecule has 1 rings (SSSR count). The lowest BCUT2D eigenvalue weighted by atomic mass is 10.1. The number of nitrogens with one attached hydrogen (secondary N) is 1. The van der Waals surface area contributed by atoms with Gasteiger partial charge in [-0.2, -0.15) is 0 Å². The molecule has 0 radical (unpaired) electrons. The minimum absolute atomic E-state index is 0.210. The van der Waals surface area contributed by atoms with E-state index in [0.29, 0.717) is 16.8 Å². The van der Waals surface area contributed by atoms with Crippen molar-refractivity contribution in [1.29, 1.82) is 0 Å². The first-order valence-electron chi connectivity index (χ1n) is 7.21. The zero-order valence-corrected chi connectivity index (χ0v) is 14.3. The monoisotopic (exact) mass is 308 g/mol. The fraction of sp³-hybridized carbons (Fsp3) is 0.562. The van der Waals surface area contributed by atoms with Crippen LogP contribution in [0, 0.1) is 13.8 Å². The molecule has 0 aliphatic rings. The lowest BCUT2D eigenvalue weighted by Crippen LogP contribution is -2.44. The predicted octanol–water partition coefficient (Wildman–Crippen LogP) is 1.92. The smallest absolute Gasteiger partial charge is 0.340 e. The second-order valence-electron chi connectivity index (χ2n) is 6.25. The van der Waals surface area contributed by atoms with Crippen LogP contribution in [0.3, 0.4) is 0 Å². The Balaban J connectivity index is 3.27. The van der Waals surface area contributed by atoms with Gasteiger partial charge in [-0.1, -0.05) is 0 Å². The molecule has 0 atom stereocenters. The Kier molecular flexibility index (Phi) is 5.17. The first-order chi connectivity index (χ1) is 10.0. The number of carbonyl (C=O) groups excluding carboxylic acids is 3. The summed E-state index contributed by atoms with van der Waals surface area (Å²) in [5, 5.41) is 2.64. The Morgan fingerprint density at radius 1 is 1.18 bits per heavy atom. The van der Waals surface area contributed by atoms with Crippen molar-refractivity contribution < 1.29 is 19.1 Å². The second kappa shape index (κ2) is 6.34. The normalized spacial score (nSPS) is 11.2. The third-order valence-electron chi connectivity index (χ3n) is 3.32. The van der Waals surface area contributed by atoms with Crippen LogP contribution < -0.4 is 5.32 Å². The van der Waals surface area contributed by atoms with Gasteiger partial charge in [0.1, 0.15) is 0 Å². The molecule has 0 saturated carbocycles. The van der Waals surface area contributed by atoms with Crippen LogP contribution in [0.15, 0.2) is 0 Å². The van der Waals surface area contributed by atoms with E-state index in [2.05, 4.69) is 5.32 Å². The molecule has 22 heavy (non-hydrogen) atoms. The maximum absolute atomic E-state index is 12.4. The van der Waals surface area contributed by atoms with Crippen LogP contribution in [0.25, 0.3) is 0 Å². The van der Waals surface area contributed by atoms with Gasteiger partial charge in [-0.25, -0.2) is 4.79 Å². The SMILES string of the molecule is CCOC(=O)c1c(C)c(C(=O)C(=O)NC(C)(C)C)n(C)c1C. The Labute approximate surface area is 130 Å². The van der Waals surface area contributed by atoms with Crippen molar-refractivity contribution in [3.05, 3.63) is 22.5 Å². The molecule has 1 amide bonds. The summed E-state index contributed by atoms with van der Waals surface area (Å²) in [6.07, 6.45) is 0. The van der Waals surface area contributed by atoms with Gasteiger partial charge in [0, 0.05) is 18.3 Å². The molecule has 1 aromatic heterocycles. The summed E-state index contributed by atoms with van der Waals surface area (Å²) in [5.74, 6) is -1.83. The highest BCUT2D eigenvalue weighted by atomic mass is 16.5. The van der Waals surface area contributed by atoms with Gasteiger partial charge in [-0.15, -0.1) is 0 Å². The maximum Gasteiger partial charge on any atom is 0.340 e. The van der Waals surface area contributed by atoms with Gasteiger partial charge < -0.3 is 14.6 Å². The minimum atomic E-state index is -0.688. The van der Waals surface area contributed by atoms with Crippen molar-refractivity contribution in [2.45, 2.75) is 47.1 Å². The van der Waals surface area contributed by atoms with E-state index < -0.39 is 23.2 Å². The van der Waals surface area contributed by atoms with Crippen LogP contribution in [-0.2, 0) is 16.6 Å². The predicted molar refractivity (Wildman–Crippen MR) is 83.1 cm³/mol. The van der Waals surface area contributed by atoms with Crippen molar-refractivity contribution >= 4 is 17.7 Å². The molecule has 1 heterocycles. The molecular formula is C16H24N2O4. The summed E-state index contributed by atoms with van der Waals surface area (Å²) in [5.41, 5.74) is 1.11. The van der Waals surface area contributed by atoms with Gasteiger partial charge >= 0.3 is 5.97 Å². The fourth-order valence-corrected chi connectivity index (χ4v) is 2.31. The number of ether oxygens (including phenoxy) is 1. The third kappa shape index (κ3) is 3.55. The Bertz CT molecular complexity index is 621. The molecule has 0 aliphatic carbocycles. The van der Waals surface area contributed by atoms with Crippen LogP contribution in [-0.4, -0.2) is 34.4 Å². The van der Waals surface area contributed by atoms with Crippen LogP contribution >= 0.6 is 0 Å². The van der Waals surface area contributed by atoms with E-state index in [1.807, 2.05) is 0 Å². The zero-order valence-electron chi connectivity index (χ0n) is 14.3. The summed E-state index contributed by atoms with van der Waals surface area (Å²) in [7, 11) is 1.66. The molecule has 6 nitrogen and oxygen atoms in total. The van der Waals surface area contributed by atoms with Crippen LogP contribution in [0.1, 0.15) is 59.8 Å². The second-order valence-corrected chi connectivity index (χ2v) is 6.25. The number of aromatic nitrogens is 1. The lowest BCUT2D eigenvalue weighted by Gasteiger charge is -2.20. The van der Waals surface area contributed by atoms with Crippen molar-refractivity contribution in [3.63, 3.8) is 0 Å². The van der Waals surface area contributed by atoms with Crippen LogP contribution in [0.5, 0.6) is 0 Å². The molecule has 0 aromatic carbocycles. The summed E-state index contributed by atoms with van der Waals surface area (Å²) in [6.45, 7) is 10.7. The minimum Gasteiger partial charge on any atom is -0.462 e. The molecule has 1 aromatic rings. The number of nitrogens with zero attached hydrogens (tertiary/aromatic N) is 1. The quantitative estimate of drug-likeness (QED) is 0.524. The summed E-state index contributed by atoms with van der Waals surface area (Å²) >= 11 is 0. The molecule has 0 bridgehead atoms. The first-order valence-corrected chi connectivity index (χ1v) is 7.21. The van der Waals surface area contributed by atoms with E-state index >= 15 is 0 Å². The van der Waals surface area contributed by atoms with Crippen molar-refractivity contribution in [1.82, 2.24) is 9.88 Å². The van der Waals surface area contributed by atoms with E-state index in [1.54, 1.807) is 53.2 Å². The highest BCUT2D eigenvalue weighted by molar-refractivity contribution is 6.43. The topological polar surface area (TPSA) is 77.4 Å². The number of Topliss-reactive ketones (excluding diaryl/α,β-unsaturated/α-hetero) is 1. The first kappa shape index (κ1) is 17.9. The lowest BCUT2D eigenvalue weighted by molar-refractivity contribution is -0.118. The number of esters is 1. The summed E-state index contributed by atoms with van der Waals surface area (Å²) in [4.78, 5) is 36.5. The maximum atomic E-state index is 12.4. The summed E-state index contributed by atoms with van der Waals surface area (Å²) < 4.78 is 6.58. The van der Waals surface area contributed by atoms with E-state index in [1.165, 1.54) is 0 Å². The molecule has 0 unspecified atom stereocenters. The van der Waals surface area contributed by atoms with Crippen LogP contribution in [0.2, 0.25) is 0 Å². The van der Waals surface area contributed by atoms with E-state index in [4.69, 9.17) is 4.74 Å². The number of hydrogen-bond donors (Lipinski definition) is 1. The molecule has 6 heteroatoms. The molecule has 0 fully saturated rings. The Hall–Kier alpha value is -2.11. The number of amides is 1. The molecule has 0 saturated heterocycles. The number of carbonyl (C=O) groups is 3. The van der Waals surface area contributed by atoms with Crippen molar-refractivity contribution in [2.75, 3.05) is 6.61 Å². The third-order valence-corrected chi connectivity index (χ3v) is 3.32. The van der Waals surface area contributed by atoms with Gasteiger partial charge in [0.05, 0.1) is 17.9 Å². The van der Waals surface area contributed by atoms with Crippen molar-refractivity contribution in [2.24, 2.45) is 7.05 Å². The molecule has 0 spiro atoms. The van der Waals surface area contributed by atoms with Gasteiger partial charge in [0.15, 0.2) is 0 Å². The number of ketones is 1. The Morgan fingerprint density at radius 2 is 1.73 bits per heavy atom. The molecular weight excluding hydrogens is 284 g/mol. The van der Waals surface area contributed by atoms with Crippen molar-refractivity contribution in [3.8, 4) is 0 Å². The average molecular weight is 308 g/mol. The number of rotatable bonds is 4. The largest absolute Gasteiger partial charge is 0.462 e. The van der Waals surface area contributed by atoms with Gasteiger partial charge in [0.25, 0.3) is 11.7 Å².